The van der Waals surface area contributed by atoms with E-state index in [4.69, 9.17) is 10.00 Å². The second-order valence-corrected chi connectivity index (χ2v) is 6.54. The van der Waals surface area contributed by atoms with Crippen LogP contribution in [0.3, 0.4) is 0 Å². The van der Waals surface area contributed by atoms with E-state index in [-0.39, 0.29) is 5.25 Å². The largest absolute Gasteiger partial charge is 0.495 e. The summed E-state index contributed by atoms with van der Waals surface area (Å²) in [7, 11) is -1.93. The molecule has 0 aromatic heterocycles. The van der Waals surface area contributed by atoms with Crippen molar-refractivity contribution in [2.45, 2.75) is 30.9 Å². The van der Waals surface area contributed by atoms with Gasteiger partial charge in [0.1, 0.15) is 5.75 Å². The lowest BCUT2D eigenvalue weighted by Crippen LogP contribution is -2.25. The normalized spacial score (nSPS) is 16.0. The van der Waals surface area contributed by atoms with Crippen LogP contribution in [0.15, 0.2) is 18.2 Å². The van der Waals surface area contributed by atoms with E-state index in [1.54, 1.807) is 12.1 Å². The molecule has 1 aromatic rings. The van der Waals surface area contributed by atoms with Gasteiger partial charge in [-0.1, -0.05) is 12.8 Å². The van der Waals surface area contributed by atoms with E-state index in [1.807, 2.05) is 6.07 Å². The van der Waals surface area contributed by atoms with Crippen molar-refractivity contribution < 1.29 is 13.2 Å². The molecule has 0 saturated heterocycles. The Morgan fingerprint density at radius 1 is 1.37 bits per heavy atom. The first-order chi connectivity index (χ1) is 9.06. The first-order valence-corrected chi connectivity index (χ1v) is 7.71. The first kappa shape index (κ1) is 13.7. The van der Waals surface area contributed by atoms with Crippen LogP contribution >= 0.6 is 0 Å². The van der Waals surface area contributed by atoms with Crippen molar-refractivity contribution in [2.75, 3.05) is 11.8 Å². The standard InChI is InChI=1S/C13H16N2O3S/c1-18-13-8-10(9-14)6-7-12(13)15-19(16,17)11-4-2-3-5-11/h6-8,11,15H,2-5H2,1H3. The van der Waals surface area contributed by atoms with Gasteiger partial charge in [0.15, 0.2) is 0 Å². The third kappa shape index (κ3) is 2.99. The Bertz CT molecular complexity index is 599. The van der Waals surface area contributed by atoms with E-state index in [0.717, 1.165) is 12.8 Å². The van der Waals surface area contributed by atoms with Gasteiger partial charge in [0.2, 0.25) is 10.0 Å². The van der Waals surface area contributed by atoms with Gasteiger partial charge in [-0.3, -0.25) is 4.72 Å². The van der Waals surface area contributed by atoms with Crippen molar-refractivity contribution in [2.24, 2.45) is 0 Å². The summed E-state index contributed by atoms with van der Waals surface area (Å²) >= 11 is 0. The molecule has 1 aliphatic rings. The highest BCUT2D eigenvalue weighted by atomic mass is 32.2. The smallest absolute Gasteiger partial charge is 0.235 e. The highest BCUT2D eigenvalue weighted by molar-refractivity contribution is 7.93. The van der Waals surface area contributed by atoms with Crippen molar-refractivity contribution >= 4 is 15.7 Å². The zero-order valence-corrected chi connectivity index (χ0v) is 11.5. The van der Waals surface area contributed by atoms with Crippen LogP contribution in [0.25, 0.3) is 0 Å². The number of hydrogen-bond donors (Lipinski definition) is 1. The van der Waals surface area contributed by atoms with E-state index in [2.05, 4.69) is 4.72 Å². The molecule has 2 rings (SSSR count). The molecule has 6 heteroatoms. The van der Waals surface area contributed by atoms with Crippen LogP contribution in [-0.2, 0) is 10.0 Å². The molecule has 0 aliphatic heterocycles. The fraction of sp³-hybridized carbons (Fsp3) is 0.462. The molecule has 0 atom stereocenters. The Balaban J connectivity index is 2.25. The fourth-order valence-electron chi connectivity index (χ4n) is 2.28. The van der Waals surface area contributed by atoms with Crippen LogP contribution in [0.5, 0.6) is 5.75 Å². The van der Waals surface area contributed by atoms with Crippen LogP contribution < -0.4 is 9.46 Å². The number of sulfonamides is 1. The number of nitriles is 1. The van der Waals surface area contributed by atoms with Gasteiger partial charge in [-0.15, -0.1) is 0 Å². The molecule has 1 saturated carbocycles. The molecular formula is C13H16N2O3S. The molecule has 0 bridgehead atoms. The van der Waals surface area contributed by atoms with Crippen molar-refractivity contribution in [3.8, 4) is 11.8 Å². The number of ether oxygens (including phenoxy) is 1. The van der Waals surface area contributed by atoms with Crippen molar-refractivity contribution in [3.63, 3.8) is 0 Å². The van der Waals surface area contributed by atoms with E-state index in [0.29, 0.717) is 29.8 Å². The van der Waals surface area contributed by atoms with Crippen molar-refractivity contribution in [3.05, 3.63) is 23.8 Å². The number of benzene rings is 1. The van der Waals surface area contributed by atoms with Gasteiger partial charge < -0.3 is 4.74 Å². The van der Waals surface area contributed by atoms with Crippen LogP contribution in [0.4, 0.5) is 5.69 Å². The summed E-state index contributed by atoms with van der Waals surface area (Å²) in [6.45, 7) is 0. The molecule has 0 heterocycles. The highest BCUT2D eigenvalue weighted by Gasteiger charge is 2.29. The SMILES string of the molecule is COc1cc(C#N)ccc1NS(=O)(=O)C1CCCC1. The third-order valence-electron chi connectivity index (χ3n) is 3.32. The van der Waals surface area contributed by atoms with Crippen LogP contribution in [0.1, 0.15) is 31.2 Å². The predicted octanol–water partition coefficient (Wildman–Crippen LogP) is 2.25. The quantitative estimate of drug-likeness (QED) is 0.917. The molecule has 102 valence electrons. The van der Waals surface area contributed by atoms with Gasteiger partial charge in [-0.25, -0.2) is 8.42 Å². The maximum absolute atomic E-state index is 12.2. The van der Waals surface area contributed by atoms with Crippen molar-refractivity contribution in [1.82, 2.24) is 0 Å². The molecule has 1 N–H and O–H groups in total. The maximum atomic E-state index is 12.2. The summed E-state index contributed by atoms with van der Waals surface area (Å²) in [5.41, 5.74) is 0.814. The minimum absolute atomic E-state index is 0.326. The van der Waals surface area contributed by atoms with Crippen LogP contribution in [-0.4, -0.2) is 20.8 Å². The molecule has 0 amide bonds. The van der Waals surface area contributed by atoms with E-state index in [9.17, 15) is 8.42 Å². The van der Waals surface area contributed by atoms with Crippen molar-refractivity contribution in [1.29, 1.82) is 5.26 Å². The Kier molecular flexibility index (Phi) is 3.96. The average molecular weight is 280 g/mol. The Morgan fingerprint density at radius 2 is 2.05 bits per heavy atom. The average Bonchev–Trinajstić information content (AvgIpc) is 2.93. The predicted molar refractivity (Wildman–Crippen MR) is 72.5 cm³/mol. The molecule has 1 aromatic carbocycles. The Morgan fingerprint density at radius 3 is 2.63 bits per heavy atom. The number of nitrogens with zero attached hydrogens (tertiary/aromatic N) is 1. The van der Waals surface area contributed by atoms with Gasteiger partial charge in [-0.2, -0.15) is 5.26 Å². The van der Waals surface area contributed by atoms with Gasteiger partial charge in [0.25, 0.3) is 0 Å². The first-order valence-electron chi connectivity index (χ1n) is 6.16. The van der Waals surface area contributed by atoms with Gasteiger partial charge >= 0.3 is 0 Å². The summed E-state index contributed by atoms with van der Waals surface area (Å²) in [6, 6.07) is 6.63. The molecule has 0 radical (unpaired) electrons. The second kappa shape index (κ2) is 5.49. The fourth-order valence-corrected chi connectivity index (χ4v) is 3.88. The summed E-state index contributed by atoms with van der Waals surface area (Å²) in [5.74, 6) is 0.362. The lowest BCUT2D eigenvalue weighted by Gasteiger charge is -2.15. The molecule has 1 fully saturated rings. The molecule has 0 spiro atoms. The number of hydrogen-bond acceptors (Lipinski definition) is 4. The summed E-state index contributed by atoms with van der Waals surface area (Å²) in [4.78, 5) is 0. The monoisotopic (exact) mass is 280 g/mol. The molecular weight excluding hydrogens is 264 g/mol. The lowest BCUT2D eigenvalue weighted by molar-refractivity contribution is 0.416. The number of methoxy groups -OCH3 is 1. The Hall–Kier alpha value is -1.74. The topological polar surface area (TPSA) is 79.2 Å². The third-order valence-corrected chi connectivity index (χ3v) is 5.18. The van der Waals surface area contributed by atoms with E-state index >= 15 is 0 Å². The molecule has 19 heavy (non-hydrogen) atoms. The van der Waals surface area contributed by atoms with Crippen LogP contribution in [0.2, 0.25) is 0 Å². The summed E-state index contributed by atoms with van der Waals surface area (Å²) in [5, 5.41) is 8.48. The highest BCUT2D eigenvalue weighted by Crippen LogP contribution is 2.30. The summed E-state index contributed by atoms with van der Waals surface area (Å²) in [6.07, 6.45) is 3.31. The van der Waals surface area contributed by atoms with Gasteiger partial charge in [0, 0.05) is 6.07 Å². The summed E-state index contributed by atoms with van der Waals surface area (Å²) < 4.78 is 32.1. The minimum Gasteiger partial charge on any atom is -0.495 e. The molecule has 0 unspecified atom stereocenters. The number of nitrogens with one attached hydrogen (secondary N) is 1. The Labute approximate surface area is 113 Å². The zero-order valence-electron chi connectivity index (χ0n) is 10.7. The minimum atomic E-state index is -3.38. The number of rotatable bonds is 4. The van der Waals surface area contributed by atoms with E-state index < -0.39 is 10.0 Å². The van der Waals surface area contributed by atoms with Gasteiger partial charge in [-0.05, 0) is 25.0 Å². The zero-order chi connectivity index (χ0) is 13.9. The second-order valence-electron chi connectivity index (χ2n) is 4.58. The lowest BCUT2D eigenvalue weighted by atomic mass is 10.2. The van der Waals surface area contributed by atoms with E-state index in [1.165, 1.54) is 13.2 Å². The molecule has 5 nitrogen and oxygen atoms in total. The number of anilines is 1. The van der Waals surface area contributed by atoms with Crippen LogP contribution in [0, 0.1) is 11.3 Å². The van der Waals surface area contributed by atoms with Gasteiger partial charge in [0.05, 0.1) is 29.7 Å². The maximum Gasteiger partial charge on any atom is 0.235 e. The molecule has 1 aliphatic carbocycles.